The topological polar surface area (TPSA) is 113 Å². The van der Waals surface area contributed by atoms with Gasteiger partial charge in [-0.1, -0.05) is 18.2 Å². The first kappa shape index (κ1) is 20.9. The van der Waals surface area contributed by atoms with Gasteiger partial charge in [-0.15, -0.1) is 0 Å². The van der Waals surface area contributed by atoms with Gasteiger partial charge in [0.15, 0.2) is 0 Å². The van der Waals surface area contributed by atoms with E-state index in [1.165, 1.54) is 35.0 Å². The van der Waals surface area contributed by atoms with Crippen LogP contribution in [-0.2, 0) is 14.8 Å². The predicted molar refractivity (Wildman–Crippen MR) is 105 cm³/mol. The molecule has 0 spiro atoms. The third kappa shape index (κ3) is 5.36. The Bertz CT molecular complexity index is 938. The second-order valence-corrected chi connectivity index (χ2v) is 8.49. The summed E-state index contributed by atoms with van der Waals surface area (Å²) in [4.78, 5) is 34.5. The molecule has 9 nitrogen and oxygen atoms in total. The van der Waals surface area contributed by atoms with Gasteiger partial charge >= 0.3 is 0 Å². The average Bonchev–Trinajstić information content (AvgIpc) is 2.79. The number of rotatable bonds is 3. The number of hydrogen-bond acceptors (Lipinski definition) is 6. The van der Waals surface area contributed by atoms with Gasteiger partial charge in [-0.3, -0.25) is 14.6 Å². The monoisotopic (exact) mass is 417 g/mol. The van der Waals surface area contributed by atoms with Gasteiger partial charge in [-0.25, -0.2) is 13.4 Å². The highest BCUT2D eigenvalue weighted by molar-refractivity contribution is 7.89. The number of nitrogens with one attached hydrogen (secondary N) is 1. The Morgan fingerprint density at radius 3 is 2.55 bits per heavy atom. The molecule has 2 amide bonds. The largest absolute Gasteiger partial charge is 0.354 e. The van der Waals surface area contributed by atoms with Gasteiger partial charge in [0, 0.05) is 51.5 Å². The lowest BCUT2D eigenvalue weighted by Crippen LogP contribution is -2.39. The molecule has 1 aliphatic heterocycles. The average molecular weight is 417 g/mol. The zero-order valence-electron chi connectivity index (χ0n) is 15.9. The fourth-order valence-corrected chi connectivity index (χ4v) is 4.56. The third-order valence-electron chi connectivity index (χ3n) is 4.58. The zero-order valence-corrected chi connectivity index (χ0v) is 16.7. The van der Waals surface area contributed by atoms with E-state index in [0.717, 1.165) is 0 Å². The highest BCUT2D eigenvalue weighted by Crippen LogP contribution is 2.16. The molecule has 154 valence electrons. The van der Waals surface area contributed by atoms with Crippen LogP contribution in [0.3, 0.4) is 0 Å². The molecule has 1 N–H and O–H groups in total. The minimum Gasteiger partial charge on any atom is -0.354 e. The first-order chi connectivity index (χ1) is 14.0. The van der Waals surface area contributed by atoms with Gasteiger partial charge in [0.25, 0.3) is 5.91 Å². The molecule has 2 aromatic rings. The number of benzene rings is 1. The standard InChI is InChI=1S/C19H23N5O4S/c25-18-7-13-24(29(27,28)16-5-2-1-3-6-16)12-4-11-23(14-10-22-18)19(26)17-15-20-8-9-21-17/h1-3,5-6,8-9,15H,4,7,10-14H2,(H,22,25). The van der Waals surface area contributed by atoms with Crippen LogP contribution < -0.4 is 5.32 Å². The van der Waals surface area contributed by atoms with Crippen LogP contribution in [0.2, 0.25) is 0 Å². The number of amides is 2. The Labute approximate surface area is 169 Å². The minimum absolute atomic E-state index is 0.0597. The summed E-state index contributed by atoms with van der Waals surface area (Å²) in [5.74, 6) is -0.559. The van der Waals surface area contributed by atoms with Crippen LogP contribution in [0.15, 0.2) is 53.8 Å². The van der Waals surface area contributed by atoms with Gasteiger partial charge in [0.2, 0.25) is 15.9 Å². The van der Waals surface area contributed by atoms with Crippen molar-refractivity contribution in [2.24, 2.45) is 0 Å². The lowest BCUT2D eigenvalue weighted by atomic mass is 10.3. The molecular weight excluding hydrogens is 394 g/mol. The number of nitrogens with zero attached hydrogens (tertiary/aromatic N) is 4. The van der Waals surface area contributed by atoms with Crippen molar-refractivity contribution >= 4 is 21.8 Å². The number of hydrogen-bond donors (Lipinski definition) is 1. The Balaban J connectivity index is 1.77. The second kappa shape index (κ2) is 9.57. The first-order valence-electron chi connectivity index (χ1n) is 9.35. The molecule has 10 heteroatoms. The van der Waals surface area contributed by atoms with E-state index < -0.39 is 10.0 Å². The lowest BCUT2D eigenvalue weighted by molar-refractivity contribution is -0.121. The summed E-state index contributed by atoms with van der Waals surface area (Å²) in [6.45, 7) is 1.23. The molecular formula is C19H23N5O4S. The molecule has 1 aromatic carbocycles. The van der Waals surface area contributed by atoms with E-state index in [-0.39, 0.29) is 48.5 Å². The van der Waals surface area contributed by atoms with Crippen molar-refractivity contribution in [2.75, 3.05) is 32.7 Å². The minimum atomic E-state index is -3.73. The molecule has 1 aromatic heterocycles. The maximum atomic E-state index is 13.0. The number of sulfonamides is 1. The van der Waals surface area contributed by atoms with E-state index in [1.807, 2.05) is 0 Å². The summed E-state index contributed by atoms with van der Waals surface area (Å²) in [7, 11) is -3.73. The van der Waals surface area contributed by atoms with Crippen LogP contribution in [-0.4, -0.2) is 72.1 Å². The molecule has 2 heterocycles. The Hall–Kier alpha value is -2.85. The summed E-state index contributed by atoms with van der Waals surface area (Å²) in [5, 5.41) is 2.74. The van der Waals surface area contributed by atoms with E-state index in [1.54, 1.807) is 23.1 Å². The van der Waals surface area contributed by atoms with Crippen molar-refractivity contribution in [3.63, 3.8) is 0 Å². The zero-order chi connectivity index (χ0) is 20.7. The van der Waals surface area contributed by atoms with Crippen molar-refractivity contribution in [3.8, 4) is 0 Å². The summed E-state index contributed by atoms with van der Waals surface area (Å²) in [6.07, 6.45) is 4.81. The first-order valence-corrected chi connectivity index (χ1v) is 10.8. The highest BCUT2D eigenvalue weighted by atomic mass is 32.2. The Kier molecular flexibility index (Phi) is 6.89. The molecule has 0 atom stereocenters. The Morgan fingerprint density at radius 2 is 1.83 bits per heavy atom. The number of carbonyl (C=O) groups is 2. The summed E-state index contributed by atoms with van der Waals surface area (Å²) in [6, 6.07) is 8.13. The van der Waals surface area contributed by atoms with E-state index >= 15 is 0 Å². The fourth-order valence-electron chi connectivity index (χ4n) is 3.06. The van der Waals surface area contributed by atoms with Crippen LogP contribution in [0.25, 0.3) is 0 Å². The predicted octanol–water partition coefficient (Wildman–Crippen LogP) is 0.520. The van der Waals surface area contributed by atoms with E-state index in [2.05, 4.69) is 15.3 Å². The number of aromatic nitrogens is 2. The van der Waals surface area contributed by atoms with Crippen LogP contribution in [0.4, 0.5) is 0 Å². The van der Waals surface area contributed by atoms with Crippen molar-refractivity contribution in [3.05, 3.63) is 54.6 Å². The fraction of sp³-hybridized carbons (Fsp3) is 0.368. The molecule has 1 aliphatic rings. The Morgan fingerprint density at radius 1 is 1.03 bits per heavy atom. The highest BCUT2D eigenvalue weighted by Gasteiger charge is 2.26. The third-order valence-corrected chi connectivity index (χ3v) is 6.49. The molecule has 0 bridgehead atoms. The summed E-state index contributed by atoms with van der Waals surface area (Å²) >= 11 is 0. The SMILES string of the molecule is O=C1CCN(S(=O)(=O)c2ccccc2)CCCN(C(=O)c2cnccn2)CCN1. The van der Waals surface area contributed by atoms with Gasteiger partial charge < -0.3 is 10.2 Å². The molecule has 0 saturated carbocycles. The smallest absolute Gasteiger partial charge is 0.274 e. The van der Waals surface area contributed by atoms with E-state index in [4.69, 9.17) is 0 Å². The maximum Gasteiger partial charge on any atom is 0.274 e. The molecule has 1 fully saturated rings. The normalized spacial score (nSPS) is 17.2. The van der Waals surface area contributed by atoms with Crippen molar-refractivity contribution in [1.82, 2.24) is 24.5 Å². The van der Waals surface area contributed by atoms with Crippen LogP contribution in [0, 0.1) is 0 Å². The second-order valence-electron chi connectivity index (χ2n) is 6.55. The van der Waals surface area contributed by atoms with Gasteiger partial charge in [0.1, 0.15) is 5.69 Å². The maximum absolute atomic E-state index is 13.0. The van der Waals surface area contributed by atoms with Crippen molar-refractivity contribution < 1.29 is 18.0 Å². The molecule has 0 aliphatic carbocycles. The van der Waals surface area contributed by atoms with Gasteiger partial charge in [-0.2, -0.15) is 4.31 Å². The molecule has 29 heavy (non-hydrogen) atoms. The lowest BCUT2D eigenvalue weighted by Gasteiger charge is -2.24. The summed E-state index contributed by atoms with van der Waals surface area (Å²) in [5.41, 5.74) is 0.211. The van der Waals surface area contributed by atoms with Crippen LogP contribution >= 0.6 is 0 Å². The molecule has 0 radical (unpaired) electrons. The summed E-state index contributed by atoms with van der Waals surface area (Å²) < 4.78 is 27.3. The molecule has 3 rings (SSSR count). The van der Waals surface area contributed by atoms with Gasteiger partial charge in [0.05, 0.1) is 11.1 Å². The molecule has 0 unspecified atom stereocenters. The van der Waals surface area contributed by atoms with Crippen molar-refractivity contribution in [2.45, 2.75) is 17.7 Å². The molecule has 1 saturated heterocycles. The van der Waals surface area contributed by atoms with Gasteiger partial charge in [-0.05, 0) is 18.6 Å². The van der Waals surface area contributed by atoms with Crippen LogP contribution in [0.5, 0.6) is 0 Å². The van der Waals surface area contributed by atoms with E-state index in [9.17, 15) is 18.0 Å². The van der Waals surface area contributed by atoms with Crippen molar-refractivity contribution in [1.29, 1.82) is 0 Å². The quantitative estimate of drug-likeness (QED) is 0.779. The number of carbonyl (C=O) groups excluding carboxylic acids is 2. The van der Waals surface area contributed by atoms with Crippen LogP contribution in [0.1, 0.15) is 23.3 Å². The van der Waals surface area contributed by atoms with E-state index in [0.29, 0.717) is 19.5 Å².